The van der Waals surface area contributed by atoms with E-state index in [4.69, 9.17) is 9.47 Å². The summed E-state index contributed by atoms with van der Waals surface area (Å²) >= 11 is 0. The molecular formula is C24H28N2O2. The minimum Gasteiger partial charge on any atom is -0.344 e. The monoisotopic (exact) mass is 376 g/mol. The Hall–Kier alpha value is -2.43. The Kier molecular flexibility index (Phi) is 5.09. The van der Waals surface area contributed by atoms with E-state index in [0.717, 1.165) is 12.0 Å². The zero-order valence-electron chi connectivity index (χ0n) is 16.9. The van der Waals surface area contributed by atoms with E-state index in [1.54, 1.807) is 12.5 Å². The van der Waals surface area contributed by atoms with Crippen LogP contribution in [0, 0.1) is 0 Å². The Morgan fingerprint density at radius 3 is 2.07 bits per heavy atom. The summed E-state index contributed by atoms with van der Waals surface area (Å²) in [7, 11) is 0. The van der Waals surface area contributed by atoms with E-state index in [-0.39, 0.29) is 5.41 Å². The predicted octanol–water partition coefficient (Wildman–Crippen LogP) is 5.14. The number of hydrogen-bond acceptors (Lipinski definition) is 3. The summed E-state index contributed by atoms with van der Waals surface area (Å²) in [5.74, 6) is -0.756. The van der Waals surface area contributed by atoms with E-state index in [1.165, 1.54) is 16.7 Å². The molecule has 1 saturated heterocycles. The van der Waals surface area contributed by atoms with Gasteiger partial charge in [-0.2, -0.15) is 0 Å². The second-order valence-corrected chi connectivity index (χ2v) is 8.44. The van der Waals surface area contributed by atoms with Crippen molar-refractivity contribution >= 4 is 0 Å². The molecule has 4 nitrogen and oxygen atoms in total. The third-order valence-corrected chi connectivity index (χ3v) is 5.32. The van der Waals surface area contributed by atoms with Crippen LogP contribution in [-0.2, 0) is 27.2 Å². The Morgan fingerprint density at radius 1 is 0.929 bits per heavy atom. The van der Waals surface area contributed by atoms with Crippen LogP contribution in [0.4, 0.5) is 0 Å². The SMILES string of the molecule is CC(C)(C)c1ccc(-c2ccc(C3(Cn4ccnc4)OCCCO3)cc2)cc1. The highest BCUT2D eigenvalue weighted by Gasteiger charge is 2.37. The van der Waals surface area contributed by atoms with Gasteiger partial charge in [0.25, 0.3) is 0 Å². The maximum absolute atomic E-state index is 6.15. The second-order valence-electron chi connectivity index (χ2n) is 8.44. The molecule has 146 valence electrons. The quantitative estimate of drug-likeness (QED) is 0.633. The Bertz CT molecular complexity index is 885. The van der Waals surface area contributed by atoms with Crippen molar-refractivity contribution in [3.8, 4) is 11.1 Å². The summed E-state index contributed by atoms with van der Waals surface area (Å²) in [6, 6.07) is 17.4. The summed E-state index contributed by atoms with van der Waals surface area (Å²) < 4.78 is 14.3. The van der Waals surface area contributed by atoms with Crippen LogP contribution in [0.3, 0.4) is 0 Å². The maximum Gasteiger partial charge on any atom is 0.213 e. The zero-order chi connectivity index (χ0) is 19.6. The van der Waals surface area contributed by atoms with Crippen LogP contribution in [0.1, 0.15) is 38.3 Å². The van der Waals surface area contributed by atoms with Crippen molar-refractivity contribution in [1.82, 2.24) is 9.55 Å². The van der Waals surface area contributed by atoms with Crippen LogP contribution in [-0.4, -0.2) is 22.8 Å². The van der Waals surface area contributed by atoms with Crippen molar-refractivity contribution in [3.05, 3.63) is 78.4 Å². The van der Waals surface area contributed by atoms with Gasteiger partial charge < -0.3 is 14.0 Å². The van der Waals surface area contributed by atoms with Crippen molar-refractivity contribution < 1.29 is 9.47 Å². The highest BCUT2D eigenvalue weighted by Crippen LogP contribution is 2.34. The molecular weight excluding hydrogens is 348 g/mol. The number of hydrogen-bond donors (Lipinski definition) is 0. The first-order valence-electron chi connectivity index (χ1n) is 9.91. The third-order valence-electron chi connectivity index (χ3n) is 5.32. The van der Waals surface area contributed by atoms with E-state index in [9.17, 15) is 0 Å². The summed E-state index contributed by atoms with van der Waals surface area (Å²) in [6.07, 6.45) is 6.44. The molecule has 4 rings (SSSR count). The molecule has 1 aliphatic heterocycles. The summed E-state index contributed by atoms with van der Waals surface area (Å²) in [6.45, 7) is 8.70. The largest absolute Gasteiger partial charge is 0.344 e. The summed E-state index contributed by atoms with van der Waals surface area (Å²) in [4.78, 5) is 4.14. The predicted molar refractivity (Wildman–Crippen MR) is 111 cm³/mol. The van der Waals surface area contributed by atoms with Crippen molar-refractivity contribution in [1.29, 1.82) is 0 Å². The van der Waals surface area contributed by atoms with E-state index in [1.807, 2.05) is 10.8 Å². The molecule has 4 heteroatoms. The molecule has 2 heterocycles. The Morgan fingerprint density at radius 2 is 1.54 bits per heavy atom. The average molecular weight is 377 g/mol. The molecule has 0 aliphatic carbocycles. The van der Waals surface area contributed by atoms with Crippen molar-refractivity contribution in [2.24, 2.45) is 0 Å². The van der Waals surface area contributed by atoms with E-state index < -0.39 is 5.79 Å². The molecule has 0 saturated carbocycles. The minimum absolute atomic E-state index is 0.164. The second kappa shape index (κ2) is 7.53. The number of aromatic nitrogens is 2. The van der Waals surface area contributed by atoms with Gasteiger partial charge in [-0.3, -0.25) is 0 Å². The first-order chi connectivity index (χ1) is 13.5. The van der Waals surface area contributed by atoms with Gasteiger partial charge in [0.1, 0.15) is 0 Å². The standard InChI is InChI=1S/C24H28N2O2/c1-23(2,3)21-9-5-19(6-10-21)20-7-11-22(12-8-20)24(27-15-4-16-28-24)17-26-14-13-25-18-26/h5-14,18H,4,15-17H2,1-3H3. The minimum atomic E-state index is -0.756. The molecule has 2 aromatic carbocycles. The molecule has 1 fully saturated rings. The molecule has 0 spiro atoms. The van der Waals surface area contributed by atoms with Gasteiger partial charge in [-0.05, 0) is 28.5 Å². The van der Waals surface area contributed by atoms with E-state index in [2.05, 4.69) is 74.3 Å². The molecule has 1 aromatic heterocycles. The van der Waals surface area contributed by atoms with Crippen LogP contribution < -0.4 is 0 Å². The lowest BCUT2D eigenvalue weighted by Crippen LogP contribution is -2.41. The van der Waals surface area contributed by atoms with E-state index in [0.29, 0.717) is 19.8 Å². The van der Waals surface area contributed by atoms with Crippen molar-refractivity contribution in [2.75, 3.05) is 13.2 Å². The van der Waals surface area contributed by atoms with Gasteiger partial charge in [0.05, 0.1) is 26.1 Å². The number of benzene rings is 2. The molecule has 3 aromatic rings. The van der Waals surface area contributed by atoms with Gasteiger partial charge in [-0.25, -0.2) is 4.98 Å². The summed E-state index contributed by atoms with van der Waals surface area (Å²) in [5, 5.41) is 0. The van der Waals surface area contributed by atoms with Crippen LogP contribution in [0.5, 0.6) is 0 Å². The highest BCUT2D eigenvalue weighted by atomic mass is 16.7. The highest BCUT2D eigenvalue weighted by molar-refractivity contribution is 5.64. The molecule has 28 heavy (non-hydrogen) atoms. The topological polar surface area (TPSA) is 36.3 Å². The van der Waals surface area contributed by atoms with Gasteiger partial charge in [-0.15, -0.1) is 0 Å². The van der Waals surface area contributed by atoms with Gasteiger partial charge >= 0.3 is 0 Å². The number of imidazole rings is 1. The first kappa shape index (κ1) is 18.9. The molecule has 0 bridgehead atoms. The zero-order valence-corrected chi connectivity index (χ0v) is 16.9. The van der Waals surface area contributed by atoms with Gasteiger partial charge in [-0.1, -0.05) is 69.3 Å². The van der Waals surface area contributed by atoms with Crippen LogP contribution in [0.25, 0.3) is 11.1 Å². The fraction of sp³-hybridized carbons (Fsp3) is 0.375. The van der Waals surface area contributed by atoms with Crippen molar-refractivity contribution in [2.45, 2.75) is 44.9 Å². The fourth-order valence-electron chi connectivity index (χ4n) is 3.62. The molecule has 0 unspecified atom stereocenters. The van der Waals surface area contributed by atoms with Gasteiger partial charge in [0.2, 0.25) is 5.79 Å². The van der Waals surface area contributed by atoms with E-state index >= 15 is 0 Å². The van der Waals surface area contributed by atoms with Crippen LogP contribution >= 0.6 is 0 Å². The average Bonchev–Trinajstić information content (AvgIpc) is 3.21. The van der Waals surface area contributed by atoms with Crippen molar-refractivity contribution in [3.63, 3.8) is 0 Å². The number of ether oxygens (including phenoxy) is 2. The first-order valence-corrected chi connectivity index (χ1v) is 9.91. The van der Waals surface area contributed by atoms with Crippen LogP contribution in [0.15, 0.2) is 67.3 Å². The molecule has 1 aliphatic rings. The summed E-state index contributed by atoms with van der Waals surface area (Å²) in [5.41, 5.74) is 4.95. The normalized spacial score (nSPS) is 16.8. The lowest BCUT2D eigenvalue weighted by atomic mass is 9.86. The maximum atomic E-state index is 6.15. The fourth-order valence-corrected chi connectivity index (χ4v) is 3.62. The Labute approximate surface area is 167 Å². The lowest BCUT2D eigenvalue weighted by molar-refractivity contribution is -0.283. The number of rotatable bonds is 4. The van der Waals surface area contributed by atoms with Crippen LogP contribution in [0.2, 0.25) is 0 Å². The molecule has 0 radical (unpaired) electrons. The lowest BCUT2D eigenvalue weighted by Gasteiger charge is -2.37. The Balaban J connectivity index is 1.60. The molecule has 0 N–H and O–H groups in total. The van der Waals surface area contributed by atoms with Gasteiger partial charge in [0, 0.05) is 18.0 Å². The smallest absolute Gasteiger partial charge is 0.213 e. The molecule has 0 amide bonds. The number of nitrogens with zero attached hydrogens (tertiary/aromatic N) is 2. The van der Waals surface area contributed by atoms with Gasteiger partial charge in [0.15, 0.2) is 0 Å². The third kappa shape index (κ3) is 3.89. The molecule has 0 atom stereocenters.